The minimum atomic E-state index is -1.72. The Kier molecular flexibility index (Phi) is 45.4. The van der Waals surface area contributed by atoms with Crippen LogP contribution in [0.3, 0.4) is 0 Å². The zero-order valence-corrected chi connectivity index (χ0v) is 48.3. The number of hydrogen-bond acceptors (Lipinski definition) is 14. The lowest BCUT2D eigenvalue weighted by atomic mass is 9.98. The second kappa shape index (κ2) is 50.1. The van der Waals surface area contributed by atoms with Crippen molar-refractivity contribution in [3.63, 3.8) is 0 Å². The molecule has 14 heteroatoms. The highest BCUT2D eigenvalue weighted by atomic mass is 16.7. The first-order valence-electron chi connectivity index (χ1n) is 30.1. The molecule has 2 heterocycles. The van der Waals surface area contributed by atoms with E-state index in [9.17, 15) is 40.5 Å². The van der Waals surface area contributed by atoms with E-state index in [2.05, 4.69) is 135 Å². The maximum Gasteiger partial charge on any atom is 0.306 e. The van der Waals surface area contributed by atoms with Gasteiger partial charge in [-0.2, -0.15) is 0 Å². The summed E-state index contributed by atoms with van der Waals surface area (Å²) >= 11 is 0. The van der Waals surface area contributed by atoms with E-state index in [0.717, 1.165) is 128 Å². The van der Waals surface area contributed by atoms with Gasteiger partial charge in [-0.1, -0.05) is 193 Å². The van der Waals surface area contributed by atoms with Crippen molar-refractivity contribution < 1.29 is 69.0 Å². The van der Waals surface area contributed by atoms with Gasteiger partial charge in [-0.25, -0.2) is 0 Å². The number of carbonyl (C=O) groups excluding carboxylic acids is 1. The molecule has 79 heavy (non-hydrogen) atoms. The summed E-state index contributed by atoms with van der Waals surface area (Å²) in [5, 5.41) is 72.4. The Bertz CT molecular complexity index is 1770. The topological polar surface area (TPSA) is 214 Å². The molecule has 11 unspecified atom stereocenters. The van der Waals surface area contributed by atoms with Gasteiger partial charge in [-0.15, -0.1) is 0 Å². The maximum absolute atomic E-state index is 13.1. The van der Waals surface area contributed by atoms with Gasteiger partial charge in [-0.05, 0) is 103 Å². The summed E-state index contributed by atoms with van der Waals surface area (Å²) in [4.78, 5) is 13.1. The molecule has 2 aliphatic rings. The summed E-state index contributed by atoms with van der Waals surface area (Å²) < 4.78 is 34.4. The summed E-state index contributed by atoms with van der Waals surface area (Å²) in [5.41, 5.74) is 0. The van der Waals surface area contributed by atoms with E-state index in [1.54, 1.807) is 0 Å². The highest BCUT2D eigenvalue weighted by Crippen LogP contribution is 2.26. The monoisotopic (exact) mass is 1110 g/mol. The predicted octanol–water partition coefficient (Wildman–Crippen LogP) is 11.3. The third-order valence-corrected chi connectivity index (χ3v) is 13.5. The SMILES string of the molecule is CC/C=C\C/C=C\C/C=C\C/C=C\C/C=C\C/C=C\CCCCCCCOCC(COC1OC(COC2OC(CO)C(O)C(O)C2O)C(O)C(O)C1O)OC(=O)CCCCCCCCCC/C=C\C/C=C\C/C=C\C/C=C\CC. The molecule has 0 aromatic rings. The van der Waals surface area contributed by atoms with Crippen LogP contribution in [-0.4, -0.2) is 142 Å². The van der Waals surface area contributed by atoms with Crippen molar-refractivity contribution in [3.8, 4) is 0 Å². The van der Waals surface area contributed by atoms with E-state index in [1.165, 1.54) is 25.7 Å². The minimum absolute atomic E-state index is 0.0361. The molecular weight excluding hydrogens is 1000 g/mol. The molecule has 2 fully saturated rings. The number of carbonyl (C=O) groups is 1. The van der Waals surface area contributed by atoms with Gasteiger partial charge < -0.3 is 64.2 Å². The molecule has 0 aromatic heterocycles. The lowest BCUT2D eigenvalue weighted by Crippen LogP contribution is -2.61. The Balaban J connectivity index is 1.73. The zero-order chi connectivity index (χ0) is 57.2. The molecule has 2 saturated heterocycles. The van der Waals surface area contributed by atoms with E-state index in [1.807, 2.05) is 0 Å². The quantitative estimate of drug-likeness (QED) is 0.0172. The average Bonchev–Trinajstić information content (AvgIpc) is 3.46. The molecule has 0 amide bonds. The van der Waals surface area contributed by atoms with E-state index in [-0.39, 0.29) is 19.6 Å². The Labute approximate surface area is 476 Å². The molecule has 0 aromatic carbocycles. The number of unbranched alkanes of at least 4 members (excludes halogenated alkanes) is 13. The zero-order valence-electron chi connectivity index (χ0n) is 48.3. The average molecular weight is 1110 g/mol. The van der Waals surface area contributed by atoms with Crippen LogP contribution in [0.5, 0.6) is 0 Å². The molecule has 0 bridgehead atoms. The molecular formula is C65H106O14. The molecule has 11 atom stereocenters. The maximum atomic E-state index is 13.1. The summed E-state index contributed by atoms with van der Waals surface area (Å²) in [6, 6.07) is 0. The Hall–Kier alpha value is -3.61. The second-order valence-corrected chi connectivity index (χ2v) is 20.4. The lowest BCUT2D eigenvalue weighted by Gasteiger charge is -2.42. The summed E-state index contributed by atoms with van der Waals surface area (Å²) in [5.74, 6) is -0.397. The van der Waals surface area contributed by atoms with Gasteiger partial charge in [0, 0.05) is 13.0 Å². The second-order valence-electron chi connectivity index (χ2n) is 20.4. The van der Waals surface area contributed by atoms with Crippen LogP contribution in [0.25, 0.3) is 0 Å². The Morgan fingerprint density at radius 1 is 0.418 bits per heavy atom. The minimum Gasteiger partial charge on any atom is -0.457 e. The molecule has 0 spiro atoms. The first-order chi connectivity index (χ1) is 38.6. The van der Waals surface area contributed by atoms with Crippen LogP contribution in [-0.2, 0) is 33.2 Å². The van der Waals surface area contributed by atoms with Crippen LogP contribution >= 0.6 is 0 Å². The van der Waals surface area contributed by atoms with Gasteiger partial charge >= 0.3 is 5.97 Å². The number of aliphatic hydroxyl groups is 7. The first-order valence-corrected chi connectivity index (χ1v) is 30.1. The number of hydrogen-bond donors (Lipinski definition) is 7. The summed E-state index contributed by atoms with van der Waals surface area (Å²) in [6.45, 7) is 3.38. The third-order valence-electron chi connectivity index (χ3n) is 13.5. The first kappa shape index (κ1) is 71.5. The molecule has 14 nitrogen and oxygen atoms in total. The van der Waals surface area contributed by atoms with Crippen molar-refractivity contribution >= 4 is 5.97 Å². The third kappa shape index (κ3) is 36.5. The largest absolute Gasteiger partial charge is 0.457 e. The van der Waals surface area contributed by atoms with Crippen LogP contribution in [0.4, 0.5) is 0 Å². The lowest BCUT2D eigenvalue weighted by molar-refractivity contribution is -0.332. The molecule has 2 rings (SSSR count). The van der Waals surface area contributed by atoms with Crippen molar-refractivity contribution in [2.24, 2.45) is 0 Å². The molecule has 0 radical (unpaired) electrons. The molecule has 0 aliphatic carbocycles. The molecule has 0 saturated carbocycles. The van der Waals surface area contributed by atoms with Gasteiger partial charge in [0.05, 0.1) is 26.4 Å². The van der Waals surface area contributed by atoms with Crippen molar-refractivity contribution in [1.29, 1.82) is 0 Å². The van der Waals surface area contributed by atoms with E-state index < -0.39 is 86.7 Å². The van der Waals surface area contributed by atoms with Crippen LogP contribution in [0.15, 0.2) is 122 Å². The Morgan fingerprint density at radius 3 is 1.23 bits per heavy atom. The van der Waals surface area contributed by atoms with Gasteiger partial charge in [0.2, 0.25) is 0 Å². The van der Waals surface area contributed by atoms with Crippen LogP contribution in [0, 0.1) is 0 Å². The number of ether oxygens (including phenoxy) is 6. The van der Waals surface area contributed by atoms with Crippen molar-refractivity contribution in [2.45, 2.75) is 248 Å². The van der Waals surface area contributed by atoms with Crippen LogP contribution in [0.1, 0.15) is 181 Å². The number of aliphatic hydroxyl groups excluding tert-OH is 7. The summed E-state index contributed by atoms with van der Waals surface area (Å²) in [6.07, 6.45) is 53.9. The smallest absolute Gasteiger partial charge is 0.306 e. The van der Waals surface area contributed by atoms with Crippen molar-refractivity contribution in [3.05, 3.63) is 122 Å². The number of rotatable bonds is 47. The Morgan fingerprint density at radius 2 is 0.785 bits per heavy atom. The van der Waals surface area contributed by atoms with Crippen LogP contribution < -0.4 is 0 Å². The van der Waals surface area contributed by atoms with E-state index in [0.29, 0.717) is 13.0 Å². The van der Waals surface area contributed by atoms with Crippen molar-refractivity contribution in [2.75, 3.05) is 33.0 Å². The standard InChI is InChI=1S/C65H106O14/c1-3-5-7-9-11-13-15-17-19-21-23-25-26-27-29-31-33-35-37-39-41-43-45-47-49-74-51-54(52-75-64-63(73)61(71)59(69)56(79-64)53-76-65-62(72)60(70)58(68)55(50-66)78-65)77-57(67)48-46-44-42-40-38-36-34-32-30-28-24-22-20-18-16-14-12-10-8-6-4-2/h5-8,11-14,17-20,23-25,27-29,33,35,54-56,58-66,68-73H,3-4,9-10,15-16,21-22,26,30-32,34,36-53H2,1-2H3/b7-5-,8-6-,13-11-,14-12-,19-17-,20-18-,25-23-,28-24-,29-27-,35-33-. The molecule has 7 N–H and O–H groups in total. The predicted molar refractivity (Wildman–Crippen MR) is 316 cm³/mol. The van der Waals surface area contributed by atoms with Gasteiger partial charge in [0.1, 0.15) is 54.9 Å². The fraction of sp³-hybridized carbons (Fsp3) is 0.677. The number of esters is 1. The van der Waals surface area contributed by atoms with Gasteiger partial charge in [0.15, 0.2) is 12.6 Å². The van der Waals surface area contributed by atoms with E-state index >= 15 is 0 Å². The van der Waals surface area contributed by atoms with Gasteiger partial charge in [0.25, 0.3) is 0 Å². The fourth-order valence-corrected chi connectivity index (χ4v) is 8.69. The van der Waals surface area contributed by atoms with Crippen molar-refractivity contribution in [1.82, 2.24) is 0 Å². The normalized spacial score (nSPS) is 24.9. The van der Waals surface area contributed by atoms with Crippen LogP contribution in [0.2, 0.25) is 0 Å². The van der Waals surface area contributed by atoms with E-state index in [4.69, 9.17) is 28.4 Å². The summed E-state index contributed by atoms with van der Waals surface area (Å²) in [7, 11) is 0. The van der Waals surface area contributed by atoms with Gasteiger partial charge in [-0.3, -0.25) is 4.79 Å². The highest BCUT2D eigenvalue weighted by Gasteiger charge is 2.47. The highest BCUT2D eigenvalue weighted by molar-refractivity contribution is 5.69. The molecule has 450 valence electrons. The number of allylic oxidation sites excluding steroid dienone is 20. The molecule has 2 aliphatic heterocycles. The fourth-order valence-electron chi connectivity index (χ4n) is 8.69.